The summed E-state index contributed by atoms with van der Waals surface area (Å²) in [5.74, 6) is -0.551. The zero-order chi connectivity index (χ0) is 21.1. The molecule has 1 N–H and O–H groups in total. The van der Waals surface area contributed by atoms with E-state index in [-0.39, 0.29) is 10.6 Å². The summed E-state index contributed by atoms with van der Waals surface area (Å²) in [7, 11) is 0. The first kappa shape index (κ1) is 21.2. The fourth-order valence-corrected chi connectivity index (χ4v) is 3.63. The van der Waals surface area contributed by atoms with E-state index in [0.29, 0.717) is 10.7 Å². The van der Waals surface area contributed by atoms with Crippen molar-refractivity contribution in [2.75, 3.05) is 5.32 Å². The monoisotopic (exact) mass is 487 g/mol. The van der Waals surface area contributed by atoms with Gasteiger partial charge in [0.1, 0.15) is 11.6 Å². The molecule has 0 aliphatic carbocycles. The first-order chi connectivity index (χ1) is 13.8. The number of aromatic nitrogens is 1. The highest BCUT2D eigenvalue weighted by atomic mass is 79.9. The number of benzene rings is 2. The van der Waals surface area contributed by atoms with E-state index in [1.165, 1.54) is 0 Å². The molecule has 0 bridgehead atoms. The summed E-state index contributed by atoms with van der Waals surface area (Å²) in [6.45, 7) is 3.92. The van der Waals surface area contributed by atoms with Crippen molar-refractivity contribution >= 4 is 56.8 Å². The lowest BCUT2D eigenvalue weighted by Gasteiger charge is -2.10. The van der Waals surface area contributed by atoms with Crippen molar-refractivity contribution < 1.29 is 4.79 Å². The van der Waals surface area contributed by atoms with Crippen LogP contribution in [0, 0.1) is 25.2 Å². The molecule has 4 nitrogen and oxygen atoms in total. The van der Waals surface area contributed by atoms with Crippen molar-refractivity contribution in [1.82, 2.24) is 4.57 Å². The molecule has 0 fully saturated rings. The molecule has 7 heteroatoms. The maximum Gasteiger partial charge on any atom is 0.266 e. The Hall–Kier alpha value is -2.52. The predicted octanol–water partition coefficient (Wildman–Crippen LogP) is 6.71. The van der Waals surface area contributed by atoms with E-state index in [1.54, 1.807) is 24.3 Å². The summed E-state index contributed by atoms with van der Waals surface area (Å²) in [5.41, 5.74) is 4.02. The Morgan fingerprint density at radius 1 is 1.17 bits per heavy atom. The summed E-state index contributed by atoms with van der Waals surface area (Å²) in [6.07, 6.45) is 1.57. The van der Waals surface area contributed by atoms with Crippen molar-refractivity contribution in [1.29, 1.82) is 5.26 Å². The van der Waals surface area contributed by atoms with E-state index in [0.717, 1.165) is 27.1 Å². The lowest BCUT2D eigenvalue weighted by molar-refractivity contribution is -0.112. The third kappa shape index (κ3) is 4.56. The molecule has 0 spiro atoms. The minimum Gasteiger partial charge on any atom is -0.320 e. The smallest absolute Gasteiger partial charge is 0.266 e. The number of hydrogen-bond donors (Lipinski definition) is 1. The van der Waals surface area contributed by atoms with Gasteiger partial charge in [0.25, 0.3) is 5.91 Å². The molecule has 146 valence electrons. The molecule has 0 saturated carbocycles. The van der Waals surface area contributed by atoms with Crippen LogP contribution in [0.4, 0.5) is 5.69 Å². The zero-order valence-electron chi connectivity index (χ0n) is 15.6. The standard InChI is InChI=1S/C22H16BrCl2N3O/c1-13-10-15(14(2)28(13)18-8-6-17(23)7-9-18)11-16(12-26)22(29)27-20-5-3-4-19(24)21(20)25/h3-11H,1-2H3,(H,27,29)/b16-11+. The number of aryl methyl sites for hydroxylation is 1. The highest BCUT2D eigenvalue weighted by molar-refractivity contribution is 9.10. The van der Waals surface area contributed by atoms with Crippen molar-refractivity contribution in [2.24, 2.45) is 0 Å². The highest BCUT2D eigenvalue weighted by Gasteiger charge is 2.15. The van der Waals surface area contributed by atoms with Crippen LogP contribution >= 0.6 is 39.1 Å². The topological polar surface area (TPSA) is 57.8 Å². The number of amides is 1. The van der Waals surface area contributed by atoms with Gasteiger partial charge in [-0.05, 0) is 68.0 Å². The van der Waals surface area contributed by atoms with Crippen LogP contribution in [0.2, 0.25) is 10.0 Å². The Balaban J connectivity index is 1.94. The number of nitrogens with zero attached hydrogens (tertiary/aromatic N) is 2. The van der Waals surface area contributed by atoms with Crippen LogP contribution in [0.1, 0.15) is 17.0 Å². The first-order valence-electron chi connectivity index (χ1n) is 8.64. The summed E-state index contributed by atoms with van der Waals surface area (Å²) in [4.78, 5) is 12.6. The molecule has 2 aromatic carbocycles. The molecule has 3 aromatic rings. The Kier molecular flexibility index (Phi) is 6.49. The van der Waals surface area contributed by atoms with Crippen molar-refractivity contribution in [3.05, 3.63) is 85.6 Å². The van der Waals surface area contributed by atoms with Crippen LogP contribution in [0.5, 0.6) is 0 Å². The van der Waals surface area contributed by atoms with Gasteiger partial charge < -0.3 is 9.88 Å². The van der Waals surface area contributed by atoms with Crippen molar-refractivity contribution in [3.63, 3.8) is 0 Å². The average molecular weight is 489 g/mol. The molecule has 0 atom stereocenters. The predicted molar refractivity (Wildman–Crippen MR) is 122 cm³/mol. The largest absolute Gasteiger partial charge is 0.320 e. The fourth-order valence-electron chi connectivity index (χ4n) is 3.02. The minimum absolute atomic E-state index is 0.0305. The average Bonchev–Trinajstić information content (AvgIpc) is 2.97. The molecular formula is C22H16BrCl2N3O. The highest BCUT2D eigenvalue weighted by Crippen LogP contribution is 2.30. The number of nitrogens with one attached hydrogen (secondary N) is 1. The molecule has 1 amide bonds. The molecule has 29 heavy (non-hydrogen) atoms. The summed E-state index contributed by atoms with van der Waals surface area (Å²) in [6, 6.07) is 16.7. The van der Waals surface area contributed by atoms with E-state index in [4.69, 9.17) is 23.2 Å². The van der Waals surface area contributed by atoms with Gasteiger partial charge >= 0.3 is 0 Å². The second-order valence-electron chi connectivity index (χ2n) is 6.36. The van der Waals surface area contributed by atoms with Crippen molar-refractivity contribution in [3.8, 4) is 11.8 Å². The molecule has 0 aliphatic rings. The number of carbonyl (C=O) groups excluding carboxylic acids is 1. The quantitative estimate of drug-likeness (QED) is 0.327. The maximum atomic E-state index is 12.6. The summed E-state index contributed by atoms with van der Waals surface area (Å²) >= 11 is 15.5. The van der Waals surface area contributed by atoms with Crippen molar-refractivity contribution in [2.45, 2.75) is 13.8 Å². The molecule has 3 rings (SSSR count). The number of halogens is 3. The van der Waals surface area contributed by atoms with Crippen LogP contribution in [-0.2, 0) is 4.79 Å². The lowest BCUT2D eigenvalue weighted by Crippen LogP contribution is -2.13. The molecule has 0 unspecified atom stereocenters. The molecule has 0 radical (unpaired) electrons. The van der Waals surface area contributed by atoms with E-state index in [1.807, 2.05) is 50.2 Å². The number of anilines is 1. The molecule has 1 aromatic heterocycles. The summed E-state index contributed by atoms with van der Waals surface area (Å²) in [5, 5.41) is 12.7. The zero-order valence-corrected chi connectivity index (χ0v) is 18.7. The number of hydrogen-bond acceptors (Lipinski definition) is 2. The second-order valence-corrected chi connectivity index (χ2v) is 8.06. The Bertz CT molecular complexity index is 1160. The molecule has 0 aliphatic heterocycles. The summed E-state index contributed by atoms with van der Waals surface area (Å²) < 4.78 is 3.06. The van der Waals surface area contributed by atoms with Gasteiger partial charge in [0.15, 0.2) is 0 Å². The van der Waals surface area contributed by atoms with E-state index < -0.39 is 5.91 Å². The second kappa shape index (κ2) is 8.87. The van der Waals surface area contributed by atoms with Crippen LogP contribution in [-0.4, -0.2) is 10.5 Å². The number of rotatable bonds is 4. The molecular weight excluding hydrogens is 473 g/mol. The fraction of sp³-hybridized carbons (Fsp3) is 0.0909. The molecule has 1 heterocycles. The van der Waals surface area contributed by atoms with Gasteiger partial charge in [-0.1, -0.05) is 45.2 Å². The third-order valence-electron chi connectivity index (χ3n) is 4.42. The Morgan fingerprint density at radius 2 is 1.86 bits per heavy atom. The van der Waals surface area contributed by atoms with Gasteiger partial charge in [-0.15, -0.1) is 0 Å². The van der Waals surface area contributed by atoms with E-state index in [9.17, 15) is 10.1 Å². The van der Waals surface area contributed by atoms with Crippen LogP contribution in [0.3, 0.4) is 0 Å². The van der Waals surface area contributed by atoms with E-state index >= 15 is 0 Å². The van der Waals surface area contributed by atoms with Gasteiger partial charge in [0, 0.05) is 21.5 Å². The van der Waals surface area contributed by atoms with Gasteiger partial charge in [-0.25, -0.2) is 0 Å². The lowest BCUT2D eigenvalue weighted by atomic mass is 10.1. The van der Waals surface area contributed by atoms with Gasteiger partial charge in [-0.2, -0.15) is 5.26 Å². The van der Waals surface area contributed by atoms with Crippen LogP contribution in [0.15, 0.2) is 58.6 Å². The van der Waals surface area contributed by atoms with Crippen LogP contribution < -0.4 is 5.32 Å². The van der Waals surface area contributed by atoms with Gasteiger partial charge in [0.2, 0.25) is 0 Å². The number of carbonyl (C=O) groups is 1. The van der Waals surface area contributed by atoms with E-state index in [2.05, 4.69) is 25.8 Å². The SMILES string of the molecule is Cc1cc(/C=C(\C#N)C(=O)Nc2cccc(Cl)c2Cl)c(C)n1-c1ccc(Br)cc1. The minimum atomic E-state index is -0.551. The Morgan fingerprint density at radius 3 is 2.52 bits per heavy atom. The number of nitriles is 1. The molecule has 0 saturated heterocycles. The third-order valence-corrected chi connectivity index (χ3v) is 5.77. The maximum absolute atomic E-state index is 12.6. The van der Waals surface area contributed by atoms with Gasteiger partial charge in [0.05, 0.1) is 15.7 Å². The first-order valence-corrected chi connectivity index (χ1v) is 10.2. The normalized spacial score (nSPS) is 11.2. The van der Waals surface area contributed by atoms with Crippen LogP contribution in [0.25, 0.3) is 11.8 Å². The van der Waals surface area contributed by atoms with Gasteiger partial charge in [-0.3, -0.25) is 4.79 Å². The Labute approximate surface area is 187 Å².